The molecular weight excluding hydrogens is 494 g/mol. The number of anilines is 2. The zero-order chi connectivity index (χ0) is 24.9. The third kappa shape index (κ3) is 6.75. The molecule has 2 heterocycles. The summed E-state index contributed by atoms with van der Waals surface area (Å²) < 4.78 is 5.34. The van der Waals surface area contributed by atoms with Gasteiger partial charge in [0.05, 0.1) is 11.4 Å². The number of hydrogen-bond acceptors (Lipinski definition) is 6. The van der Waals surface area contributed by atoms with Crippen LogP contribution in [0.5, 0.6) is 0 Å². The molecular formula is C28H38ClN3O3S. The van der Waals surface area contributed by atoms with Crippen molar-refractivity contribution < 1.29 is 14.3 Å². The highest BCUT2D eigenvalue weighted by molar-refractivity contribution is 7.99. The highest BCUT2D eigenvalue weighted by atomic mass is 35.5. The third-order valence-electron chi connectivity index (χ3n) is 6.75. The number of amides is 1. The molecule has 1 N–H and O–H groups in total. The fourth-order valence-corrected chi connectivity index (χ4v) is 5.99. The van der Waals surface area contributed by atoms with Gasteiger partial charge in [-0.3, -0.25) is 14.5 Å². The van der Waals surface area contributed by atoms with E-state index >= 15 is 0 Å². The Morgan fingerprint density at radius 1 is 1.11 bits per heavy atom. The lowest BCUT2D eigenvalue weighted by Crippen LogP contribution is -2.44. The highest BCUT2D eigenvalue weighted by Gasteiger charge is 2.32. The van der Waals surface area contributed by atoms with Gasteiger partial charge >= 0.3 is 5.97 Å². The fraction of sp³-hybridized carbons (Fsp3) is 0.500. The van der Waals surface area contributed by atoms with E-state index in [9.17, 15) is 9.59 Å². The number of esters is 1. The zero-order valence-corrected chi connectivity index (χ0v) is 23.3. The van der Waals surface area contributed by atoms with Crippen LogP contribution in [0.1, 0.15) is 57.3 Å². The van der Waals surface area contributed by atoms with Crippen molar-refractivity contribution in [3.05, 3.63) is 48.0 Å². The van der Waals surface area contributed by atoms with E-state index in [1.54, 1.807) is 11.8 Å². The van der Waals surface area contributed by atoms with Crippen LogP contribution in [0.25, 0.3) is 0 Å². The second-order valence-electron chi connectivity index (χ2n) is 10.0. The number of rotatable bonds is 9. The second-order valence-corrected chi connectivity index (χ2v) is 11.1. The second kappa shape index (κ2) is 12.8. The van der Waals surface area contributed by atoms with Gasteiger partial charge in [0.2, 0.25) is 0 Å². The molecule has 2 aromatic carbocycles. The number of hydrogen-bond donors (Lipinski definition) is 1. The van der Waals surface area contributed by atoms with Gasteiger partial charge in [0.25, 0.3) is 5.91 Å². The van der Waals surface area contributed by atoms with E-state index in [1.807, 2.05) is 12.1 Å². The monoisotopic (exact) mass is 531 g/mol. The topological polar surface area (TPSA) is 61.9 Å². The van der Waals surface area contributed by atoms with E-state index in [4.69, 9.17) is 4.74 Å². The van der Waals surface area contributed by atoms with Gasteiger partial charge in [-0.25, -0.2) is 0 Å². The summed E-state index contributed by atoms with van der Waals surface area (Å²) >= 11 is 1.76. The Kier molecular flexibility index (Phi) is 10.1. The molecule has 0 saturated carbocycles. The van der Waals surface area contributed by atoms with Crippen LogP contribution < -0.4 is 10.2 Å². The Labute approximate surface area is 225 Å². The molecule has 0 aromatic heterocycles. The molecule has 8 heteroatoms. The number of ether oxygens (including phenoxy) is 1. The number of benzene rings is 2. The Balaban J connectivity index is 0.00000361. The van der Waals surface area contributed by atoms with Crippen LogP contribution in [-0.4, -0.2) is 55.1 Å². The van der Waals surface area contributed by atoms with Gasteiger partial charge in [0.1, 0.15) is 6.61 Å². The number of para-hydroxylation sites is 1. The molecule has 1 fully saturated rings. The lowest BCUT2D eigenvalue weighted by Gasteiger charge is -2.39. The molecule has 0 radical (unpaired) electrons. The summed E-state index contributed by atoms with van der Waals surface area (Å²) in [6.45, 7) is 11.0. The summed E-state index contributed by atoms with van der Waals surface area (Å²) in [6, 6.07) is 15.0. The number of carbonyl (C=O) groups excluding carboxylic acids is 2. The Morgan fingerprint density at radius 2 is 1.86 bits per heavy atom. The lowest BCUT2D eigenvalue weighted by molar-refractivity contribution is -0.142. The molecule has 0 spiro atoms. The summed E-state index contributed by atoms with van der Waals surface area (Å²) in [5, 5.41) is 3.07. The summed E-state index contributed by atoms with van der Waals surface area (Å²) in [5.41, 5.74) is 2.94. The van der Waals surface area contributed by atoms with Gasteiger partial charge in [-0.1, -0.05) is 37.7 Å². The molecule has 2 atom stereocenters. The maximum atomic E-state index is 12.9. The van der Waals surface area contributed by atoms with Crippen molar-refractivity contribution in [2.45, 2.75) is 68.8 Å². The quantitative estimate of drug-likeness (QED) is 0.406. The largest absolute Gasteiger partial charge is 0.464 e. The van der Waals surface area contributed by atoms with Crippen molar-refractivity contribution in [3.8, 4) is 0 Å². The number of fused-ring (bicyclic) bond motifs is 2. The van der Waals surface area contributed by atoms with Crippen LogP contribution >= 0.6 is 24.2 Å². The SMILES string of the molecule is CC(=O)OC[C@H]1CCCN1CC(C)N1c2ccccc2Sc2ccc(C(=O)NCCC(C)C)cc21.Cl. The van der Waals surface area contributed by atoms with Crippen LogP contribution in [-0.2, 0) is 9.53 Å². The van der Waals surface area contributed by atoms with Crippen molar-refractivity contribution in [1.82, 2.24) is 10.2 Å². The number of carbonyl (C=O) groups is 2. The van der Waals surface area contributed by atoms with Crippen LogP contribution in [0.3, 0.4) is 0 Å². The maximum absolute atomic E-state index is 12.9. The van der Waals surface area contributed by atoms with Crippen LogP contribution in [0.15, 0.2) is 52.3 Å². The van der Waals surface area contributed by atoms with Gasteiger partial charge < -0.3 is 15.0 Å². The average Bonchev–Trinajstić information content (AvgIpc) is 3.27. The van der Waals surface area contributed by atoms with E-state index in [1.165, 1.54) is 17.5 Å². The van der Waals surface area contributed by atoms with Crippen LogP contribution in [0, 0.1) is 5.92 Å². The molecule has 1 saturated heterocycles. The number of nitrogens with zero attached hydrogens (tertiary/aromatic N) is 2. The molecule has 1 unspecified atom stereocenters. The first-order chi connectivity index (χ1) is 16.8. The van der Waals surface area contributed by atoms with Crippen LogP contribution in [0.2, 0.25) is 0 Å². The Morgan fingerprint density at radius 3 is 2.61 bits per heavy atom. The van der Waals surface area contributed by atoms with Gasteiger partial charge in [-0.15, -0.1) is 12.4 Å². The summed E-state index contributed by atoms with van der Waals surface area (Å²) in [5.74, 6) is 0.309. The van der Waals surface area contributed by atoms with Crippen molar-refractivity contribution in [1.29, 1.82) is 0 Å². The number of nitrogens with one attached hydrogen (secondary N) is 1. The maximum Gasteiger partial charge on any atom is 0.302 e. The van der Waals surface area contributed by atoms with Crippen molar-refractivity contribution in [2.75, 3.05) is 31.1 Å². The third-order valence-corrected chi connectivity index (χ3v) is 7.88. The van der Waals surface area contributed by atoms with Crippen molar-refractivity contribution in [2.24, 2.45) is 5.92 Å². The van der Waals surface area contributed by atoms with E-state index in [0.717, 1.165) is 42.9 Å². The van der Waals surface area contributed by atoms with Gasteiger partial charge in [-0.2, -0.15) is 0 Å². The number of likely N-dealkylation sites (tertiary alicyclic amines) is 1. The van der Waals surface area contributed by atoms with E-state index in [0.29, 0.717) is 24.6 Å². The van der Waals surface area contributed by atoms with Crippen molar-refractivity contribution >= 4 is 47.4 Å². The minimum atomic E-state index is -0.222. The molecule has 1 amide bonds. The Hall–Kier alpha value is -2.22. The number of halogens is 1. The van der Waals surface area contributed by atoms with Gasteiger partial charge in [0.15, 0.2) is 0 Å². The van der Waals surface area contributed by atoms with Crippen molar-refractivity contribution in [3.63, 3.8) is 0 Å². The predicted octanol–water partition coefficient (Wildman–Crippen LogP) is 5.90. The first-order valence-electron chi connectivity index (χ1n) is 12.7. The summed E-state index contributed by atoms with van der Waals surface area (Å²) in [7, 11) is 0. The molecule has 36 heavy (non-hydrogen) atoms. The highest BCUT2D eigenvalue weighted by Crippen LogP contribution is 2.49. The molecule has 0 bridgehead atoms. The summed E-state index contributed by atoms with van der Waals surface area (Å²) in [6.07, 6.45) is 3.12. The van der Waals surface area contributed by atoms with E-state index in [2.05, 4.69) is 66.2 Å². The normalized spacial score (nSPS) is 17.7. The lowest BCUT2D eigenvalue weighted by atomic mass is 10.1. The van der Waals surface area contributed by atoms with Crippen LogP contribution in [0.4, 0.5) is 11.4 Å². The minimum absolute atomic E-state index is 0. The standard InChI is InChI=1S/C28H37N3O3S.ClH/c1-19(2)13-14-29-28(33)22-11-12-27-25(16-22)31(24-9-5-6-10-26(24)35-27)20(3)17-30-15-7-8-23(30)18-34-21(4)32;/h5-6,9-12,16,19-20,23H,7-8,13-15,17-18H2,1-4H3,(H,29,33);1H/t20?,23-;/m1./s1. The predicted molar refractivity (Wildman–Crippen MR) is 149 cm³/mol. The first-order valence-corrected chi connectivity index (χ1v) is 13.5. The van der Waals surface area contributed by atoms with E-state index < -0.39 is 0 Å². The molecule has 2 aliphatic heterocycles. The van der Waals surface area contributed by atoms with Gasteiger partial charge in [0, 0.05) is 47.5 Å². The van der Waals surface area contributed by atoms with E-state index in [-0.39, 0.29) is 36.4 Å². The Bertz CT molecular complexity index is 1060. The molecule has 2 aromatic rings. The molecule has 6 nitrogen and oxygen atoms in total. The minimum Gasteiger partial charge on any atom is -0.464 e. The molecule has 0 aliphatic carbocycles. The molecule has 4 rings (SSSR count). The smallest absolute Gasteiger partial charge is 0.302 e. The molecule has 2 aliphatic rings. The fourth-order valence-electron chi connectivity index (χ4n) is 4.93. The zero-order valence-electron chi connectivity index (χ0n) is 21.7. The molecule has 196 valence electrons. The average molecular weight is 532 g/mol. The first kappa shape index (κ1) is 28.4. The van der Waals surface area contributed by atoms with Gasteiger partial charge in [-0.05, 0) is 69.0 Å². The summed E-state index contributed by atoms with van der Waals surface area (Å²) in [4.78, 5) is 31.5.